The van der Waals surface area contributed by atoms with Crippen LogP contribution in [0.2, 0.25) is 0 Å². The summed E-state index contributed by atoms with van der Waals surface area (Å²) in [7, 11) is -0.632. The second kappa shape index (κ2) is 2.02. The largest absolute Gasteiger partial charge is 0.0828 e. The quantitative estimate of drug-likeness (QED) is 0.492. The minimum atomic E-state index is -0.632. The van der Waals surface area contributed by atoms with Gasteiger partial charge in [-0.25, -0.2) is 0 Å². The SMILES string of the molecule is CC1C(C)(C)C(C)(C)[P+]1(C)C. The Morgan fingerprint density at radius 1 is 1.00 bits per heavy atom. The van der Waals surface area contributed by atoms with Crippen LogP contribution in [-0.4, -0.2) is 24.1 Å². The van der Waals surface area contributed by atoms with Gasteiger partial charge in [-0.2, -0.15) is 0 Å². The number of hydrogen-bond donors (Lipinski definition) is 0. The lowest BCUT2D eigenvalue weighted by molar-refractivity contribution is 0.219. The van der Waals surface area contributed by atoms with Crippen molar-refractivity contribution < 1.29 is 0 Å². The van der Waals surface area contributed by atoms with Crippen molar-refractivity contribution in [1.82, 2.24) is 0 Å². The summed E-state index contributed by atoms with van der Waals surface area (Å²) < 4.78 is 0. The van der Waals surface area contributed by atoms with Gasteiger partial charge in [0.15, 0.2) is 0 Å². The lowest BCUT2D eigenvalue weighted by Gasteiger charge is -2.63. The molecule has 1 saturated heterocycles. The molecule has 0 aromatic heterocycles. The van der Waals surface area contributed by atoms with Gasteiger partial charge < -0.3 is 0 Å². The van der Waals surface area contributed by atoms with E-state index < -0.39 is 7.26 Å². The first-order chi connectivity index (χ1) is 4.65. The van der Waals surface area contributed by atoms with Crippen molar-refractivity contribution in [2.24, 2.45) is 5.41 Å². The zero-order valence-corrected chi connectivity index (χ0v) is 9.92. The summed E-state index contributed by atoms with van der Waals surface area (Å²) in [6.07, 6.45) is 0. The smallest absolute Gasteiger partial charge is 0.0521 e. The Kier molecular flexibility index (Phi) is 1.75. The summed E-state index contributed by atoms with van der Waals surface area (Å²) >= 11 is 0. The molecule has 0 nitrogen and oxygen atoms in total. The molecule has 1 aliphatic heterocycles. The van der Waals surface area contributed by atoms with Gasteiger partial charge in [-0.1, -0.05) is 13.8 Å². The molecule has 1 unspecified atom stereocenters. The molecule has 1 heteroatoms. The third-order valence-electron chi connectivity index (χ3n) is 5.03. The van der Waals surface area contributed by atoms with E-state index in [0.717, 1.165) is 5.66 Å². The van der Waals surface area contributed by atoms with Gasteiger partial charge in [-0.05, 0) is 20.8 Å². The molecule has 0 amide bonds. The summed E-state index contributed by atoms with van der Waals surface area (Å²) in [5, 5.41) is 0.597. The van der Waals surface area contributed by atoms with Crippen LogP contribution in [0.15, 0.2) is 0 Å². The standard InChI is InChI=1S/C10H22P/c1-8-9(2,3)10(4,5)11(8,6)7/h8H,1-7H3/q+1. The molecule has 0 spiro atoms. The molecule has 0 bridgehead atoms. The second-order valence-electron chi connectivity index (χ2n) is 5.50. The molecule has 0 aromatic carbocycles. The lowest BCUT2D eigenvalue weighted by Crippen LogP contribution is -2.60. The van der Waals surface area contributed by atoms with Crippen molar-refractivity contribution in [2.75, 3.05) is 13.3 Å². The Morgan fingerprint density at radius 3 is 1.45 bits per heavy atom. The molecule has 0 saturated carbocycles. The third-order valence-corrected chi connectivity index (χ3v) is 11.1. The highest BCUT2D eigenvalue weighted by Gasteiger charge is 2.71. The molecule has 1 rings (SSSR count). The van der Waals surface area contributed by atoms with Gasteiger partial charge >= 0.3 is 0 Å². The van der Waals surface area contributed by atoms with Crippen molar-refractivity contribution in [1.29, 1.82) is 0 Å². The number of rotatable bonds is 0. The molecule has 11 heavy (non-hydrogen) atoms. The monoisotopic (exact) mass is 173 g/mol. The maximum absolute atomic E-state index is 2.50. The van der Waals surface area contributed by atoms with Crippen molar-refractivity contribution in [2.45, 2.75) is 45.4 Å². The zero-order valence-electron chi connectivity index (χ0n) is 9.02. The van der Waals surface area contributed by atoms with E-state index in [1.807, 2.05) is 0 Å². The van der Waals surface area contributed by atoms with Crippen molar-refractivity contribution in [3.05, 3.63) is 0 Å². The first kappa shape index (κ1) is 9.52. The molecule has 1 heterocycles. The van der Waals surface area contributed by atoms with Crippen LogP contribution in [0.1, 0.15) is 34.6 Å². The van der Waals surface area contributed by atoms with Crippen LogP contribution in [0.3, 0.4) is 0 Å². The van der Waals surface area contributed by atoms with Crippen molar-refractivity contribution in [3.63, 3.8) is 0 Å². The van der Waals surface area contributed by atoms with Gasteiger partial charge in [0.1, 0.15) is 0 Å². The van der Waals surface area contributed by atoms with Gasteiger partial charge in [0.05, 0.1) is 10.8 Å². The van der Waals surface area contributed by atoms with E-state index >= 15 is 0 Å². The van der Waals surface area contributed by atoms with Crippen LogP contribution < -0.4 is 0 Å². The van der Waals surface area contributed by atoms with E-state index in [1.54, 1.807) is 0 Å². The van der Waals surface area contributed by atoms with E-state index in [1.165, 1.54) is 0 Å². The summed E-state index contributed by atoms with van der Waals surface area (Å²) in [5.74, 6) is 0. The first-order valence-electron chi connectivity index (χ1n) is 4.49. The summed E-state index contributed by atoms with van der Waals surface area (Å²) in [6, 6.07) is 0. The molecular weight excluding hydrogens is 151 g/mol. The molecule has 66 valence electrons. The van der Waals surface area contributed by atoms with E-state index in [0.29, 0.717) is 10.6 Å². The maximum atomic E-state index is 2.50. The van der Waals surface area contributed by atoms with Crippen LogP contribution in [0.5, 0.6) is 0 Å². The van der Waals surface area contributed by atoms with E-state index in [9.17, 15) is 0 Å². The first-order valence-corrected chi connectivity index (χ1v) is 7.24. The minimum Gasteiger partial charge on any atom is -0.0521 e. The van der Waals surface area contributed by atoms with Gasteiger partial charge in [0, 0.05) is 26.0 Å². The average molecular weight is 173 g/mol. The highest BCUT2D eigenvalue weighted by Crippen LogP contribution is 2.84. The topological polar surface area (TPSA) is 0 Å². The average Bonchev–Trinajstić information content (AvgIpc) is 1.84. The fourth-order valence-corrected chi connectivity index (χ4v) is 6.86. The predicted molar refractivity (Wildman–Crippen MR) is 56.1 cm³/mol. The van der Waals surface area contributed by atoms with E-state index in [4.69, 9.17) is 0 Å². The van der Waals surface area contributed by atoms with Crippen molar-refractivity contribution in [3.8, 4) is 0 Å². The van der Waals surface area contributed by atoms with Crippen LogP contribution in [0, 0.1) is 5.41 Å². The Balaban J connectivity index is 2.98. The Morgan fingerprint density at radius 2 is 1.36 bits per heavy atom. The van der Waals surface area contributed by atoms with Crippen molar-refractivity contribution >= 4 is 7.26 Å². The number of hydrogen-bond acceptors (Lipinski definition) is 0. The molecule has 1 fully saturated rings. The van der Waals surface area contributed by atoms with E-state index in [2.05, 4.69) is 47.9 Å². The Labute approximate surface area is 72.1 Å². The molecular formula is C10H22P+. The molecule has 1 atom stereocenters. The highest BCUT2D eigenvalue weighted by atomic mass is 31.2. The molecule has 1 aliphatic rings. The Bertz CT molecular complexity index is 159. The summed E-state index contributed by atoms with van der Waals surface area (Å²) in [4.78, 5) is 0. The third kappa shape index (κ3) is 0.800. The van der Waals surface area contributed by atoms with Crippen LogP contribution in [0.25, 0.3) is 0 Å². The molecule has 0 N–H and O–H groups in total. The summed E-state index contributed by atoms with van der Waals surface area (Å²) in [5.41, 5.74) is 1.51. The van der Waals surface area contributed by atoms with Crippen LogP contribution >= 0.6 is 7.26 Å². The van der Waals surface area contributed by atoms with E-state index in [-0.39, 0.29) is 0 Å². The minimum absolute atomic E-state index is 0.560. The van der Waals surface area contributed by atoms with Gasteiger partial charge in [-0.3, -0.25) is 0 Å². The lowest BCUT2D eigenvalue weighted by atomic mass is 9.76. The fraction of sp³-hybridized carbons (Fsp3) is 1.00. The normalized spacial score (nSPS) is 37.9. The molecule has 0 aromatic rings. The van der Waals surface area contributed by atoms with Gasteiger partial charge in [-0.15, -0.1) is 0 Å². The van der Waals surface area contributed by atoms with Crippen LogP contribution in [0.4, 0.5) is 0 Å². The predicted octanol–water partition coefficient (Wildman–Crippen LogP) is 3.47. The molecule has 0 aliphatic carbocycles. The van der Waals surface area contributed by atoms with Gasteiger partial charge in [0.25, 0.3) is 0 Å². The second-order valence-corrected chi connectivity index (χ2v) is 10.5. The maximum Gasteiger partial charge on any atom is 0.0828 e. The highest BCUT2D eigenvalue weighted by molar-refractivity contribution is 7.78. The van der Waals surface area contributed by atoms with Gasteiger partial charge in [0.2, 0.25) is 0 Å². The summed E-state index contributed by atoms with van der Waals surface area (Å²) in [6.45, 7) is 17.2. The fourth-order valence-electron chi connectivity index (χ4n) is 2.48. The molecule has 0 radical (unpaired) electrons. The zero-order chi connectivity index (χ0) is 9.08. The Hall–Kier alpha value is 0.430. The van der Waals surface area contributed by atoms with Crippen LogP contribution in [-0.2, 0) is 0 Å².